The highest BCUT2D eigenvalue weighted by Crippen LogP contribution is 2.32. The van der Waals surface area contributed by atoms with Crippen molar-refractivity contribution in [2.24, 2.45) is 0 Å². The van der Waals surface area contributed by atoms with Gasteiger partial charge in [0.1, 0.15) is 4.90 Å². The molecule has 1 saturated heterocycles. The molecular formula is C13H16ClNO4S2. The summed E-state index contributed by atoms with van der Waals surface area (Å²) in [6.07, 6.45) is 0. The van der Waals surface area contributed by atoms with Crippen molar-refractivity contribution in [3.8, 4) is 0 Å². The minimum Gasteiger partial charge on any atom is -0.478 e. The van der Waals surface area contributed by atoms with E-state index in [0.717, 1.165) is 6.07 Å². The molecule has 1 aliphatic rings. The number of rotatable bonds is 3. The number of carboxylic acid groups (broad SMARTS) is 1. The summed E-state index contributed by atoms with van der Waals surface area (Å²) in [5.41, 5.74) is -0.0925. The molecule has 2 atom stereocenters. The molecule has 0 aliphatic carbocycles. The molecule has 2 rings (SSSR count). The van der Waals surface area contributed by atoms with E-state index in [9.17, 15) is 13.2 Å². The Morgan fingerprint density at radius 2 is 2.10 bits per heavy atom. The van der Waals surface area contributed by atoms with Gasteiger partial charge in [0.2, 0.25) is 10.0 Å². The summed E-state index contributed by atoms with van der Waals surface area (Å²) >= 11 is 7.71. The average Bonchev–Trinajstić information content (AvgIpc) is 2.41. The largest absolute Gasteiger partial charge is 0.478 e. The molecule has 1 aromatic carbocycles. The van der Waals surface area contributed by atoms with Crippen LogP contribution in [0.3, 0.4) is 0 Å². The number of aromatic carboxylic acids is 1. The smallest absolute Gasteiger partial charge is 0.335 e. The van der Waals surface area contributed by atoms with Gasteiger partial charge < -0.3 is 5.11 Å². The number of thioether (sulfide) groups is 1. The van der Waals surface area contributed by atoms with Crippen LogP contribution >= 0.6 is 23.4 Å². The maximum atomic E-state index is 12.8. The second-order valence-corrected chi connectivity index (χ2v) is 8.63. The van der Waals surface area contributed by atoms with Crippen molar-refractivity contribution in [3.05, 3.63) is 28.8 Å². The van der Waals surface area contributed by atoms with Crippen LogP contribution in [-0.4, -0.2) is 47.4 Å². The first-order chi connectivity index (χ1) is 9.75. The Bertz CT molecular complexity index is 662. The molecular weight excluding hydrogens is 334 g/mol. The Kier molecular flexibility index (Phi) is 4.87. The molecule has 1 N–H and O–H groups in total. The Hall–Kier alpha value is -0.760. The summed E-state index contributed by atoms with van der Waals surface area (Å²) in [4.78, 5) is 10.9. The van der Waals surface area contributed by atoms with Gasteiger partial charge in [0.05, 0.1) is 10.6 Å². The molecule has 0 radical (unpaired) electrons. The molecule has 0 amide bonds. The number of nitrogens with zero attached hydrogens (tertiary/aromatic N) is 1. The summed E-state index contributed by atoms with van der Waals surface area (Å²) in [6.45, 7) is 4.22. The van der Waals surface area contributed by atoms with E-state index in [0.29, 0.717) is 12.3 Å². The standard InChI is InChI=1S/C13H16ClNO4S2/c1-8-9(2)20-6-5-15(8)21(18,19)12-7-10(13(16)17)3-4-11(12)14/h3-4,7-9H,5-6H2,1-2H3,(H,16,17). The van der Waals surface area contributed by atoms with Crippen molar-refractivity contribution in [3.63, 3.8) is 0 Å². The van der Waals surface area contributed by atoms with Crippen molar-refractivity contribution < 1.29 is 18.3 Å². The normalized spacial score (nSPS) is 24.0. The number of sulfonamides is 1. The lowest BCUT2D eigenvalue weighted by Gasteiger charge is -2.36. The molecule has 116 valence electrons. The Morgan fingerprint density at radius 3 is 2.71 bits per heavy atom. The Labute approximate surface area is 133 Å². The maximum Gasteiger partial charge on any atom is 0.335 e. The third kappa shape index (κ3) is 3.21. The Balaban J connectivity index is 2.48. The molecule has 0 spiro atoms. The quantitative estimate of drug-likeness (QED) is 0.907. The summed E-state index contributed by atoms with van der Waals surface area (Å²) in [5.74, 6) is -0.472. The minimum atomic E-state index is -3.81. The fourth-order valence-electron chi connectivity index (χ4n) is 2.21. The van der Waals surface area contributed by atoms with E-state index < -0.39 is 16.0 Å². The molecule has 1 aromatic rings. The monoisotopic (exact) mass is 349 g/mol. The number of hydrogen-bond donors (Lipinski definition) is 1. The summed E-state index contributed by atoms with van der Waals surface area (Å²) in [7, 11) is -3.81. The van der Waals surface area contributed by atoms with Crippen molar-refractivity contribution >= 4 is 39.4 Å². The number of halogens is 1. The van der Waals surface area contributed by atoms with Gasteiger partial charge >= 0.3 is 5.97 Å². The molecule has 0 saturated carbocycles. The Morgan fingerprint density at radius 1 is 1.43 bits per heavy atom. The lowest BCUT2D eigenvalue weighted by molar-refractivity contribution is 0.0696. The van der Waals surface area contributed by atoms with Crippen molar-refractivity contribution in [1.29, 1.82) is 0 Å². The van der Waals surface area contributed by atoms with Gasteiger partial charge in [-0.1, -0.05) is 18.5 Å². The van der Waals surface area contributed by atoms with Gasteiger partial charge in [0.25, 0.3) is 0 Å². The summed E-state index contributed by atoms with van der Waals surface area (Å²) in [5, 5.41) is 9.23. The highest BCUT2D eigenvalue weighted by Gasteiger charge is 2.36. The third-order valence-corrected chi connectivity index (χ3v) is 7.40. The second kappa shape index (κ2) is 6.16. The van der Waals surface area contributed by atoms with E-state index in [1.54, 1.807) is 11.8 Å². The third-order valence-electron chi connectivity index (χ3n) is 3.59. The molecule has 1 fully saturated rings. The second-order valence-electron chi connectivity index (χ2n) is 4.88. The molecule has 8 heteroatoms. The fraction of sp³-hybridized carbons (Fsp3) is 0.462. The van der Waals surface area contributed by atoms with E-state index in [2.05, 4.69) is 0 Å². The van der Waals surface area contributed by atoms with E-state index in [1.165, 1.54) is 16.4 Å². The van der Waals surface area contributed by atoms with Crippen molar-refractivity contribution in [1.82, 2.24) is 4.31 Å². The van der Waals surface area contributed by atoms with Crippen LogP contribution in [0.1, 0.15) is 24.2 Å². The number of hydrogen-bond acceptors (Lipinski definition) is 4. The molecule has 2 unspecified atom stereocenters. The van der Waals surface area contributed by atoms with E-state index in [-0.39, 0.29) is 26.8 Å². The zero-order valence-electron chi connectivity index (χ0n) is 11.6. The van der Waals surface area contributed by atoms with E-state index in [1.807, 2.05) is 13.8 Å². The predicted molar refractivity (Wildman–Crippen MR) is 83.7 cm³/mol. The van der Waals surface area contributed by atoms with Gasteiger partial charge in [-0.2, -0.15) is 16.1 Å². The molecule has 1 heterocycles. The first-order valence-electron chi connectivity index (χ1n) is 6.41. The maximum absolute atomic E-state index is 12.8. The van der Waals surface area contributed by atoms with Crippen LogP contribution in [0.5, 0.6) is 0 Å². The first kappa shape index (κ1) is 16.6. The van der Waals surface area contributed by atoms with Crippen LogP contribution in [0.2, 0.25) is 5.02 Å². The van der Waals surface area contributed by atoms with Crippen LogP contribution < -0.4 is 0 Å². The van der Waals surface area contributed by atoms with E-state index >= 15 is 0 Å². The lowest BCUT2D eigenvalue weighted by Crippen LogP contribution is -2.47. The lowest BCUT2D eigenvalue weighted by atomic mass is 10.2. The average molecular weight is 350 g/mol. The topological polar surface area (TPSA) is 74.7 Å². The molecule has 0 aromatic heterocycles. The SMILES string of the molecule is CC1SCCN(S(=O)(=O)c2cc(C(=O)O)ccc2Cl)C1C. The van der Waals surface area contributed by atoms with Gasteiger partial charge in [0, 0.05) is 23.6 Å². The first-order valence-corrected chi connectivity index (χ1v) is 9.28. The van der Waals surface area contributed by atoms with Crippen LogP contribution in [0.15, 0.2) is 23.1 Å². The van der Waals surface area contributed by atoms with Crippen LogP contribution in [0.25, 0.3) is 0 Å². The van der Waals surface area contributed by atoms with Gasteiger partial charge in [-0.3, -0.25) is 0 Å². The number of carboxylic acids is 1. The molecule has 0 bridgehead atoms. The molecule has 1 aliphatic heterocycles. The molecule has 21 heavy (non-hydrogen) atoms. The van der Waals surface area contributed by atoms with Crippen LogP contribution in [0, 0.1) is 0 Å². The van der Waals surface area contributed by atoms with Crippen LogP contribution in [0.4, 0.5) is 0 Å². The zero-order chi connectivity index (χ0) is 15.8. The number of carbonyl (C=O) groups is 1. The van der Waals surface area contributed by atoms with Crippen molar-refractivity contribution in [2.45, 2.75) is 30.0 Å². The fourth-order valence-corrected chi connectivity index (χ4v) is 5.70. The van der Waals surface area contributed by atoms with Crippen molar-refractivity contribution in [2.75, 3.05) is 12.3 Å². The van der Waals surface area contributed by atoms with E-state index in [4.69, 9.17) is 16.7 Å². The summed E-state index contributed by atoms with van der Waals surface area (Å²) < 4.78 is 27.0. The van der Waals surface area contributed by atoms with Gasteiger partial charge in [-0.15, -0.1) is 0 Å². The summed E-state index contributed by atoms with van der Waals surface area (Å²) in [6, 6.07) is 3.56. The van der Waals surface area contributed by atoms with Gasteiger partial charge in [0.15, 0.2) is 0 Å². The van der Waals surface area contributed by atoms with Gasteiger partial charge in [-0.05, 0) is 25.1 Å². The highest BCUT2D eigenvalue weighted by molar-refractivity contribution is 8.00. The molecule has 5 nitrogen and oxygen atoms in total. The number of benzene rings is 1. The highest BCUT2D eigenvalue weighted by atomic mass is 35.5. The zero-order valence-corrected chi connectivity index (χ0v) is 14.0. The van der Waals surface area contributed by atoms with Crippen LogP contribution in [-0.2, 0) is 10.0 Å². The minimum absolute atomic E-state index is 0.0399. The predicted octanol–water partition coefficient (Wildman–Crippen LogP) is 2.55. The van der Waals surface area contributed by atoms with Gasteiger partial charge in [-0.25, -0.2) is 13.2 Å².